The van der Waals surface area contributed by atoms with Crippen LogP contribution in [0, 0.1) is 5.82 Å². The first kappa shape index (κ1) is 10.6. The number of hydrogen-bond donors (Lipinski definition) is 2. The fourth-order valence-electron chi connectivity index (χ4n) is 1.40. The van der Waals surface area contributed by atoms with E-state index in [1.807, 2.05) is 0 Å². The van der Waals surface area contributed by atoms with Gasteiger partial charge in [0.05, 0.1) is 24.1 Å². The first-order valence-corrected chi connectivity index (χ1v) is 4.63. The van der Waals surface area contributed by atoms with Gasteiger partial charge in [-0.15, -0.1) is 0 Å². The molecule has 0 saturated heterocycles. The predicted molar refractivity (Wildman–Crippen MR) is 55.4 cm³/mol. The number of aromatic nitrogens is 3. The first-order chi connectivity index (χ1) is 7.81. The van der Waals surface area contributed by atoms with Crippen molar-refractivity contribution in [2.75, 3.05) is 0 Å². The van der Waals surface area contributed by atoms with Crippen LogP contribution in [0.25, 0.3) is 0 Å². The van der Waals surface area contributed by atoms with E-state index in [2.05, 4.69) is 20.4 Å². The molecule has 0 aliphatic rings. The summed E-state index contributed by atoms with van der Waals surface area (Å²) in [7, 11) is 0. The molecule has 0 amide bonds. The minimum Gasteiger partial charge on any atom is -0.271 e. The van der Waals surface area contributed by atoms with Crippen LogP contribution >= 0.6 is 0 Å². The molecule has 2 aromatic heterocycles. The monoisotopic (exact) mass is 219 g/mol. The van der Waals surface area contributed by atoms with Gasteiger partial charge in [0.1, 0.15) is 5.82 Å². The number of pyridine rings is 1. The molecule has 0 aromatic carbocycles. The second-order valence-electron chi connectivity index (χ2n) is 3.17. The van der Waals surface area contributed by atoms with Crippen LogP contribution in [0.3, 0.4) is 0 Å². The predicted octanol–water partition coefficient (Wildman–Crippen LogP) is 0.563. The zero-order valence-electron chi connectivity index (χ0n) is 8.34. The van der Waals surface area contributed by atoms with Gasteiger partial charge in [-0.2, -0.15) is 0 Å². The maximum absolute atomic E-state index is 13.0. The molecule has 0 fully saturated rings. The molecule has 0 aliphatic heterocycles. The lowest BCUT2D eigenvalue weighted by molar-refractivity contribution is 0.589. The summed E-state index contributed by atoms with van der Waals surface area (Å²) >= 11 is 0. The Hall–Kier alpha value is -1.92. The van der Waals surface area contributed by atoms with Crippen LogP contribution in [0.1, 0.15) is 17.3 Å². The fourth-order valence-corrected chi connectivity index (χ4v) is 1.40. The van der Waals surface area contributed by atoms with E-state index in [0.717, 1.165) is 6.20 Å². The summed E-state index contributed by atoms with van der Waals surface area (Å²) in [5, 5.41) is 0. The Morgan fingerprint density at radius 1 is 1.19 bits per heavy atom. The highest BCUT2D eigenvalue weighted by molar-refractivity contribution is 5.23. The van der Waals surface area contributed by atoms with Crippen LogP contribution in [0.5, 0.6) is 0 Å². The highest BCUT2D eigenvalue weighted by atomic mass is 19.1. The summed E-state index contributed by atoms with van der Waals surface area (Å²) in [4.78, 5) is 11.8. The molecule has 2 rings (SSSR count). The standard InChI is InChI=1S/C10H10FN5/c11-8-3-7(4-14-5-8)10(16-12)9-6-13-1-2-15-9/h1-6,10,16H,12H2. The quantitative estimate of drug-likeness (QED) is 0.582. The summed E-state index contributed by atoms with van der Waals surface area (Å²) in [6.45, 7) is 0. The van der Waals surface area contributed by atoms with E-state index in [-0.39, 0.29) is 0 Å². The van der Waals surface area contributed by atoms with E-state index in [0.29, 0.717) is 11.3 Å². The molecule has 0 bridgehead atoms. The van der Waals surface area contributed by atoms with Gasteiger partial charge in [0.2, 0.25) is 0 Å². The molecule has 6 heteroatoms. The molecule has 0 saturated carbocycles. The van der Waals surface area contributed by atoms with Gasteiger partial charge in [-0.1, -0.05) is 0 Å². The van der Waals surface area contributed by atoms with E-state index in [4.69, 9.17) is 5.84 Å². The van der Waals surface area contributed by atoms with Crippen molar-refractivity contribution in [2.24, 2.45) is 5.84 Å². The van der Waals surface area contributed by atoms with Gasteiger partial charge in [-0.3, -0.25) is 20.8 Å². The second kappa shape index (κ2) is 4.73. The third kappa shape index (κ3) is 2.18. The SMILES string of the molecule is NNC(c1cncc(F)c1)c1cnccn1. The maximum Gasteiger partial charge on any atom is 0.141 e. The lowest BCUT2D eigenvalue weighted by Crippen LogP contribution is -2.29. The lowest BCUT2D eigenvalue weighted by Gasteiger charge is -2.14. The van der Waals surface area contributed by atoms with E-state index in [1.165, 1.54) is 12.3 Å². The Kier molecular flexibility index (Phi) is 3.13. The summed E-state index contributed by atoms with van der Waals surface area (Å²) in [5.74, 6) is 5.00. The molecule has 82 valence electrons. The number of hydrogen-bond acceptors (Lipinski definition) is 5. The summed E-state index contributed by atoms with van der Waals surface area (Å²) in [6.07, 6.45) is 7.33. The van der Waals surface area contributed by atoms with Gasteiger partial charge in [0, 0.05) is 18.6 Å². The van der Waals surface area contributed by atoms with Gasteiger partial charge < -0.3 is 0 Å². The van der Waals surface area contributed by atoms with Crippen molar-refractivity contribution >= 4 is 0 Å². The molecule has 1 atom stereocenters. The van der Waals surface area contributed by atoms with Crippen LogP contribution in [-0.2, 0) is 0 Å². The first-order valence-electron chi connectivity index (χ1n) is 4.63. The zero-order chi connectivity index (χ0) is 11.4. The van der Waals surface area contributed by atoms with Crippen LogP contribution in [0.4, 0.5) is 4.39 Å². The highest BCUT2D eigenvalue weighted by Crippen LogP contribution is 2.18. The molecule has 2 heterocycles. The van der Waals surface area contributed by atoms with E-state index < -0.39 is 11.9 Å². The second-order valence-corrected chi connectivity index (χ2v) is 3.17. The van der Waals surface area contributed by atoms with Crippen LogP contribution in [0.2, 0.25) is 0 Å². The van der Waals surface area contributed by atoms with E-state index in [1.54, 1.807) is 18.6 Å². The van der Waals surface area contributed by atoms with Crippen molar-refractivity contribution in [3.05, 3.63) is 54.1 Å². The summed E-state index contributed by atoms with van der Waals surface area (Å²) < 4.78 is 13.0. The van der Waals surface area contributed by atoms with Crippen molar-refractivity contribution in [3.8, 4) is 0 Å². The highest BCUT2D eigenvalue weighted by Gasteiger charge is 2.14. The average Bonchev–Trinajstić information content (AvgIpc) is 2.31. The van der Waals surface area contributed by atoms with Crippen molar-refractivity contribution in [3.63, 3.8) is 0 Å². The topological polar surface area (TPSA) is 76.7 Å². The Labute approximate surface area is 91.5 Å². The Balaban J connectivity index is 2.37. The molecular weight excluding hydrogens is 209 g/mol. The van der Waals surface area contributed by atoms with Gasteiger partial charge in [-0.05, 0) is 11.6 Å². The van der Waals surface area contributed by atoms with Crippen molar-refractivity contribution in [1.82, 2.24) is 20.4 Å². The molecule has 2 aromatic rings. The van der Waals surface area contributed by atoms with Gasteiger partial charge in [-0.25, -0.2) is 9.82 Å². The summed E-state index contributed by atoms with van der Waals surface area (Å²) in [6, 6.07) is 0.934. The van der Waals surface area contributed by atoms with Crippen molar-refractivity contribution < 1.29 is 4.39 Å². The largest absolute Gasteiger partial charge is 0.271 e. The minimum atomic E-state index is -0.420. The molecule has 16 heavy (non-hydrogen) atoms. The number of halogens is 1. The fraction of sp³-hybridized carbons (Fsp3) is 0.100. The normalized spacial score (nSPS) is 12.4. The molecule has 5 nitrogen and oxygen atoms in total. The van der Waals surface area contributed by atoms with Crippen LogP contribution < -0.4 is 11.3 Å². The molecule has 0 radical (unpaired) electrons. The average molecular weight is 219 g/mol. The lowest BCUT2D eigenvalue weighted by atomic mass is 10.1. The van der Waals surface area contributed by atoms with Crippen LogP contribution in [-0.4, -0.2) is 15.0 Å². The summed E-state index contributed by atoms with van der Waals surface area (Å²) in [5.41, 5.74) is 3.76. The van der Waals surface area contributed by atoms with Crippen LogP contribution in [0.15, 0.2) is 37.1 Å². The van der Waals surface area contributed by atoms with Gasteiger partial charge >= 0.3 is 0 Å². The third-order valence-corrected chi connectivity index (χ3v) is 2.10. The number of nitrogens with zero attached hydrogens (tertiary/aromatic N) is 3. The number of rotatable bonds is 3. The van der Waals surface area contributed by atoms with Crippen molar-refractivity contribution in [2.45, 2.75) is 6.04 Å². The number of nitrogens with one attached hydrogen (secondary N) is 1. The maximum atomic E-state index is 13.0. The zero-order valence-corrected chi connectivity index (χ0v) is 8.34. The van der Waals surface area contributed by atoms with Crippen molar-refractivity contribution in [1.29, 1.82) is 0 Å². The minimum absolute atomic E-state index is 0.415. The Bertz CT molecular complexity index is 462. The molecule has 1 unspecified atom stereocenters. The Morgan fingerprint density at radius 2 is 2.06 bits per heavy atom. The third-order valence-electron chi connectivity index (χ3n) is 2.10. The number of nitrogens with two attached hydrogens (primary N) is 1. The smallest absolute Gasteiger partial charge is 0.141 e. The van der Waals surface area contributed by atoms with Gasteiger partial charge in [0.15, 0.2) is 0 Å². The van der Waals surface area contributed by atoms with E-state index >= 15 is 0 Å². The number of hydrazine groups is 1. The molecule has 3 N–H and O–H groups in total. The molecule has 0 aliphatic carbocycles. The van der Waals surface area contributed by atoms with Gasteiger partial charge in [0.25, 0.3) is 0 Å². The Morgan fingerprint density at radius 3 is 2.69 bits per heavy atom. The molecule has 0 spiro atoms. The molecular formula is C10H10FN5. The van der Waals surface area contributed by atoms with E-state index in [9.17, 15) is 4.39 Å².